The summed E-state index contributed by atoms with van der Waals surface area (Å²) < 4.78 is 0. The molecule has 0 radical (unpaired) electrons. The van der Waals surface area contributed by atoms with Gasteiger partial charge in [0.2, 0.25) is 0 Å². The highest BCUT2D eigenvalue weighted by molar-refractivity contribution is 7.08. The predicted molar refractivity (Wildman–Crippen MR) is 69.4 cm³/mol. The van der Waals surface area contributed by atoms with E-state index < -0.39 is 5.97 Å². The number of carbonyl (C=O) groups is 1. The SMILES string of the molecule is O=C(O)Cc1ccccc1CNc1ccsc1. The summed E-state index contributed by atoms with van der Waals surface area (Å²) in [6.45, 7) is 0.653. The first-order chi connectivity index (χ1) is 8.25. The molecular formula is C13H13NO2S. The van der Waals surface area contributed by atoms with Crippen molar-refractivity contribution in [1.82, 2.24) is 0 Å². The summed E-state index contributed by atoms with van der Waals surface area (Å²) >= 11 is 1.63. The van der Waals surface area contributed by atoms with Crippen LogP contribution in [0.3, 0.4) is 0 Å². The molecule has 0 amide bonds. The van der Waals surface area contributed by atoms with Crippen LogP contribution in [0.2, 0.25) is 0 Å². The van der Waals surface area contributed by atoms with Gasteiger partial charge in [0.05, 0.1) is 6.42 Å². The first-order valence-electron chi connectivity index (χ1n) is 5.30. The van der Waals surface area contributed by atoms with Crippen molar-refractivity contribution in [3.05, 3.63) is 52.2 Å². The maximum atomic E-state index is 10.7. The highest BCUT2D eigenvalue weighted by atomic mass is 32.1. The second kappa shape index (κ2) is 5.50. The molecule has 88 valence electrons. The molecule has 0 fully saturated rings. The smallest absolute Gasteiger partial charge is 0.307 e. The number of hydrogen-bond acceptors (Lipinski definition) is 3. The molecule has 1 aromatic carbocycles. The van der Waals surface area contributed by atoms with Crippen molar-refractivity contribution >= 4 is 23.0 Å². The van der Waals surface area contributed by atoms with Gasteiger partial charge >= 0.3 is 5.97 Å². The van der Waals surface area contributed by atoms with Crippen LogP contribution in [-0.2, 0) is 17.8 Å². The summed E-state index contributed by atoms with van der Waals surface area (Å²) in [5, 5.41) is 16.1. The van der Waals surface area contributed by atoms with E-state index in [0.717, 1.165) is 16.8 Å². The Morgan fingerprint density at radius 2 is 2.00 bits per heavy atom. The van der Waals surface area contributed by atoms with Gasteiger partial charge in [0, 0.05) is 17.6 Å². The van der Waals surface area contributed by atoms with Crippen molar-refractivity contribution < 1.29 is 9.90 Å². The van der Waals surface area contributed by atoms with Gasteiger partial charge in [-0.2, -0.15) is 11.3 Å². The number of nitrogens with one attached hydrogen (secondary N) is 1. The van der Waals surface area contributed by atoms with E-state index in [1.165, 1.54) is 0 Å². The van der Waals surface area contributed by atoms with Crippen molar-refractivity contribution in [3.63, 3.8) is 0 Å². The van der Waals surface area contributed by atoms with E-state index in [0.29, 0.717) is 6.54 Å². The highest BCUT2D eigenvalue weighted by Gasteiger charge is 2.05. The van der Waals surface area contributed by atoms with E-state index in [1.54, 1.807) is 11.3 Å². The minimum absolute atomic E-state index is 0.0709. The predicted octanol–water partition coefficient (Wildman–Crippen LogP) is 2.99. The Bertz CT molecular complexity index is 494. The summed E-state index contributed by atoms with van der Waals surface area (Å²) in [6, 6.07) is 9.61. The second-order valence-electron chi connectivity index (χ2n) is 3.70. The average molecular weight is 247 g/mol. The van der Waals surface area contributed by atoms with Crippen molar-refractivity contribution in [1.29, 1.82) is 0 Å². The third kappa shape index (κ3) is 3.32. The van der Waals surface area contributed by atoms with Gasteiger partial charge in [0.1, 0.15) is 0 Å². The minimum atomic E-state index is -0.798. The lowest BCUT2D eigenvalue weighted by atomic mass is 10.0. The molecule has 4 heteroatoms. The number of anilines is 1. The zero-order chi connectivity index (χ0) is 12.1. The quantitative estimate of drug-likeness (QED) is 0.854. The van der Waals surface area contributed by atoms with Crippen molar-refractivity contribution in [3.8, 4) is 0 Å². The van der Waals surface area contributed by atoms with Crippen LogP contribution in [0.5, 0.6) is 0 Å². The molecular weight excluding hydrogens is 234 g/mol. The van der Waals surface area contributed by atoms with Crippen LogP contribution in [0.1, 0.15) is 11.1 Å². The number of thiophene rings is 1. The molecule has 1 heterocycles. The summed E-state index contributed by atoms with van der Waals surface area (Å²) in [4.78, 5) is 10.7. The summed E-state index contributed by atoms with van der Waals surface area (Å²) in [6.07, 6.45) is 0.0709. The molecule has 1 aromatic heterocycles. The van der Waals surface area contributed by atoms with Crippen LogP contribution in [0, 0.1) is 0 Å². The summed E-state index contributed by atoms with van der Waals surface area (Å²) in [5.74, 6) is -0.798. The maximum absolute atomic E-state index is 10.7. The normalized spacial score (nSPS) is 10.1. The van der Waals surface area contributed by atoms with Gasteiger partial charge < -0.3 is 10.4 Å². The first kappa shape index (κ1) is 11.7. The van der Waals surface area contributed by atoms with Crippen LogP contribution < -0.4 is 5.32 Å². The molecule has 0 bridgehead atoms. The Labute approximate surface area is 104 Å². The Morgan fingerprint density at radius 1 is 1.24 bits per heavy atom. The van der Waals surface area contributed by atoms with E-state index in [1.807, 2.05) is 41.1 Å². The van der Waals surface area contributed by atoms with Crippen LogP contribution in [-0.4, -0.2) is 11.1 Å². The fraction of sp³-hybridized carbons (Fsp3) is 0.154. The van der Waals surface area contributed by atoms with Gasteiger partial charge in [-0.15, -0.1) is 0 Å². The maximum Gasteiger partial charge on any atom is 0.307 e. The third-order valence-electron chi connectivity index (χ3n) is 2.46. The largest absolute Gasteiger partial charge is 0.481 e. The number of rotatable bonds is 5. The molecule has 2 N–H and O–H groups in total. The standard InChI is InChI=1S/C13H13NO2S/c15-13(16)7-10-3-1-2-4-11(10)8-14-12-5-6-17-9-12/h1-6,9,14H,7-8H2,(H,15,16). The molecule has 2 aromatic rings. The molecule has 3 nitrogen and oxygen atoms in total. The van der Waals surface area contributed by atoms with Crippen LogP contribution >= 0.6 is 11.3 Å². The molecule has 0 spiro atoms. The Hall–Kier alpha value is -1.81. The zero-order valence-corrected chi connectivity index (χ0v) is 10.0. The monoisotopic (exact) mass is 247 g/mol. The number of benzene rings is 1. The van der Waals surface area contributed by atoms with Gasteiger partial charge in [-0.3, -0.25) is 4.79 Å². The van der Waals surface area contributed by atoms with E-state index in [4.69, 9.17) is 5.11 Å². The molecule has 0 aliphatic rings. The lowest BCUT2D eigenvalue weighted by Gasteiger charge is -2.08. The molecule has 2 rings (SSSR count). The number of carboxylic acid groups (broad SMARTS) is 1. The Morgan fingerprint density at radius 3 is 2.65 bits per heavy atom. The van der Waals surface area contributed by atoms with Gasteiger partial charge in [-0.05, 0) is 22.6 Å². The van der Waals surface area contributed by atoms with Gasteiger partial charge in [0.15, 0.2) is 0 Å². The Balaban J connectivity index is 2.06. The topological polar surface area (TPSA) is 49.3 Å². The van der Waals surface area contributed by atoms with E-state index in [2.05, 4.69) is 5.32 Å². The minimum Gasteiger partial charge on any atom is -0.481 e. The lowest BCUT2D eigenvalue weighted by Crippen LogP contribution is -2.06. The lowest BCUT2D eigenvalue weighted by molar-refractivity contribution is -0.136. The molecule has 0 aliphatic carbocycles. The van der Waals surface area contributed by atoms with Crippen molar-refractivity contribution in [2.45, 2.75) is 13.0 Å². The molecule has 0 atom stereocenters. The molecule has 0 unspecified atom stereocenters. The first-order valence-corrected chi connectivity index (χ1v) is 6.24. The Kier molecular flexibility index (Phi) is 3.77. The molecule has 17 heavy (non-hydrogen) atoms. The van der Waals surface area contributed by atoms with Gasteiger partial charge in [-0.25, -0.2) is 0 Å². The van der Waals surface area contributed by atoms with E-state index in [9.17, 15) is 4.79 Å². The number of carboxylic acids is 1. The number of hydrogen-bond donors (Lipinski definition) is 2. The van der Waals surface area contributed by atoms with Crippen molar-refractivity contribution in [2.24, 2.45) is 0 Å². The number of aliphatic carboxylic acids is 1. The van der Waals surface area contributed by atoms with Crippen molar-refractivity contribution in [2.75, 3.05) is 5.32 Å². The molecule has 0 saturated heterocycles. The van der Waals surface area contributed by atoms with Crippen LogP contribution in [0.4, 0.5) is 5.69 Å². The van der Waals surface area contributed by atoms with E-state index in [-0.39, 0.29) is 6.42 Å². The van der Waals surface area contributed by atoms with E-state index >= 15 is 0 Å². The fourth-order valence-corrected chi connectivity index (χ4v) is 2.24. The fourth-order valence-electron chi connectivity index (χ4n) is 1.63. The molecule has 0 aliphatic heterocycles. The van der Waals surface area contributed by atoms with Crippen LogP contribution in [0.15, 0.2) is 41.1 Å². The summed E-state index contributed by atoms with van der Waals surface area (Å²) in [7, 11) is 0. The summed E-state index contributed by atoms with van der Waals surface area (Å²) in [5.41, 5.74) is 2.96. The van der Waals surface area contributed by atoms with Gasteiger partial charge in [-0.1, -0.05) is 24.3 Å². The van der Waals surface area contributed by atoms with Gasteiger partial charge in [0.25, 0.3) is 0 Å². The zero-order valence-electron chi connectivity index (χ0n) is 9.22. The highest BCUT2D eigenvalue weighted by Crippen LogP contribution is 2.15. The second-order valence-corrected chi connectivity index (χ2v) is 4.48. The third-order valence-corrected chi connectivity index (χ3v) is 3.15. The van der Waals surface area contributed by atoms with Crippen LogP contribution in [0.25, 0.3) is 0 Å². The average Bonchev–Trinajstić information content (AvgIpc) is 2.80. The molecule has 0 saturated carbocycles.